The van der Waals surface area contributed by atoms with Crippen LogP contribution in [0.1, 0.15) is 0 Å². The van der Waals surface area contributed by atoms with Gasteiger partial charge in [-0.3, -0.25) is 9.59 Å². The Morgan fingerprint density at radius 1 is 0.900 bits per heavy atom. The van der Waals surface area contributed by atoms with E-state index in [0.717, 1.165) is 30.2 Å². The third kappa shape index (κ3) is 3.56. The molecule has 0 N–H and O–H groups in total. The first-order valence-electron chi connectivity index (χ1n) is 10.1. The number of amides is 1. The molecule has 1 amide bonds. The van der Waals surface area contributed by atoms with Crippen LogP contribution >= 0.6 is 0 Å². The van der Waals surface area contributed by atoms with Crippen LogP contribution < -0.4 is 10.5 Å². The van der Waals surface area contributed by atoms with Crippen molar-refractivity contribution in [3.8, 4) is 11.3 Å². The number of aromatic nitrogens is 4. The zero-order valence-electron chi connectivity index (χ0n) is 16.5. The number of hydrogen-bond donors (Lipinski definition) is 0. The quantitative estimate of drug-likeness (QED) is 0.654. The lowest BCUT2D eigenvalue weighted by molar-refractivity contribution is -0.131. The molecule has 0 spiro atoms. The zero-order chi connectivity index (χ0) is 20.5. The molecule has 0 bridgehead atoms. The van der Waals surface area contributed by atoms with Gasteiger partial charge in [-0.2, -0.15) is 5.10 Å². The summed E-state index contributed by atoms with van der Waals surface area (Å²) in [5.41, 5.74) is 1.66. The molecule has 2 aromatic heterocycles. The number of carbonyl (C=O) groups is 1. The summed E-state index contributed by atoms with van der Waals surface area (Å²) in [6.45, 7) is 3.12. The Bertz CT molecular complexity index is 1080. The van der Waals surface area contributed by atoms with Crippen LogP contribution in [0.25, 0.3) is 11.3 Å². The molecule has 30 heavy (non-hydrogen) atoms. The summed E-state index contributed by atoms with van der Waals surface area (Å²) < 4.78 is 1.21. The van der Waals surface area contributed by atoms with Crippen LogP contribution in [0.4, 0.5) is 5.82 Å². The van der Waals surface area contributed by atoms with Crippen molar-refractivity contribution in [2.75, 3.05) is 31.1 Å². The number of nitrogens with zero attached hydrogens (tertiary/aromatic N) is 6. The Morgan fingerprint density at radius 2 is 1.67 bits per heavy atom. The molecule has 8 heteroatoms. The van der Waals surface area contributed by atoms with Crippen molar-refractivity contribution < 1.29 is 4.79 Å². The highest BCUT2D eigenvalue weighted by molar-refractivity contribution is 5.76. The zero-order valence-corrected chi connectivity index (χ0v) is 16.5. The molecule has 0 radical (unpaired) electrons. The lowest BCUT2D eigenvalue weighted by Crippen LogP contribution is -2.38. The summed E-state index contributed by atoms with van der Waals surface area (Å²) >= 11 is 0. The van der Waals surface area contributed by atoms with E-state index < -0.39 is 0 Å². The fraction of sp³-hybridized carbons (Fsp3) is 0.318. The highest BCUT2D eigenvalue weighted by Crippen LogP contribution is 2.33. The fourth-order valence-corrected chi connectivity index (χ4v) is 4.37. The van der Waals surface area contributed by atoms with Gasteiger partial charge in [-0.05, 0) is 18.2 Å². The van der Waals surface area contributed by atoms with Gasteiger partial charge < -0.3 is 9.80 Å². The minimum Gasteiger partial charge on any atom is -0.354 e. The summed E-state index contributed by atoms with van der Waals surface area (Å²) in [6.07, 6.45) is 1.52. The number of rotatable bonds is 4. The van der Waals surface area contributed by atoms with Crippen molar-refractivity contribution in [3.05, 3.63) is 71.1 Å². The van der Waals surface area contributed by atoms with E-state index >= 15 is 0 Å². The summed E-state index contributed by atoms with van der Waals surface area (Å²) in [4.78, 5) is 28.5. The Labute approximate surface area is 173 Å². The van der Waals surface area contributed by atoms with E-state index in [2.05, 4.69) is 20.2 Å². The maximum atomic E-state index is 12.6. The van der Waals surface area contributed by atoms with Crippen molar-refractivity contribution in [3.63, 3.8) is 0 Å². The van der Waals surface area contributed by atoms with Crippen LogP contribution in [0.15, 0.2) is 65.6 Å². The standard InChI is InChI=1S/C22H22N6O2/c29-21-7-4-10-23-28(21)15-22(30)27-13-17-11-26(12-18(17)14-27)20-9-8-19(24-25-20)16-5-2-1-3-6-16/h1-10,17-18H,11-15H2. The molecule has 4 heterocycles. The van der Waals surface area contributed by atoms with Gasteiger partial charge in [0.1, 0.15) is 6.54 Å². The number of anilines is 1. The summed E-state index contributed by atoms with van der Waals surface area (Å²) in [5.74, 6) is 1.64. The predicted molar refractivity (Wildman–Crippen MR) is 112 cm³/mol. The molecule has 2 fully saturated rings. The second kappa shape index (κ2) is 7.70. The van der Waals surface area contributed by atoms with Gasteiger partial charge in [0, 0.05) is 55.8 Å². The van der Waals surface area contributed by atoms with Crippen LogP contribution in [0.2, 0.25) is 0 Å². The Hall–Kier alpha value is -3.55. The minimum absolute atomic E-state index is 0.00471. The largest absolute Gasteiger partial charge is 0.354 e. The van der Waals surface area contributed by atoms with Gasteiger partial charge in [-0.1, -0.05) is 30.3 Å². The lowest BCUT2D eigenvalue weighted by atomic mass is 10.0. The van der Waals surface area contributed by atoms with Gasteiger partial charge in [0.15, 0.2) is 5.82 Å². The molecule has 3 aromatic rings. The molecule has 5 rings (SSSR count). The van der Waals surface area contributed by atoms with Crippen LogP contribution in [0, 0.1) is 11.8 Å². The van der Waals surface area contributed by atoms with Crippen LogP contribution in [-0.2, 0) is 11.3 Å². The van der Waals surface area contributed by atoms with E-state index in [1.807, 2.05) is 47.4 Å². The van der Waals surface area contributed by atoms with E-state index in [1.165, 1.54) is 16.9 Å². The van der Waals surface area contributed by atoms with E-state index in [0.29, 0.717) is 24.9 Å². The van der Waals surface area contributed by atoms with Crippen LogP contribution in [0.3, 0.4) is 0 Å². The summed E-state index contributed by atoms with van der Waals surface area (Å²) in [5, 5.41) is 12.8. The number of fused-ring (bicyclic) bond motifs is 1. The molecule has 2 aliphatic heterocycles. The number of hydrogen-bond acceptors (Lipinski definition) is 6. The van der Waals surface area contributed by atoms with E-state index in [9.17, 15) is 9.59 Å². The number of carbonyl (C=O) groups excluding carboxylic acids is 1. The second-order valence-electron chi connectivity index (χ2n) is 7.89. The van der Waals surface area contributed by atoms with E-state index in [4.69, 9.17) is 0 Å². The van der Waals surface area contributed by atoms with Crippen molar-refractivity contribution in [2.24, 2.45) is 11.8 Å². The van der Waals surface area contributed by atoms with E-state index in [1.54, 1.807) is 6.07 Å². The summed E-state index contributed by atoms with van der Waals surface area (Å²) in [6, 6.07) is 17.0. The minimum atomic E-state index is -0.256. The second-order valence-corrected chi connectivity index (χ2v) is 7.89. The molecule has 2 unspecified atom stereocenters. The molecule has 2 atom stereocenters. The monoisotopic (exact) mass is 402 g/mol. The normalized spacial score (nSPS) is 20.4. The maximum Gasteiger partial charge on any atom is 0.267 e. The van der Waals surface area contributed by atoms with Crippen molar-refractivity contribution in [1.29, 1.82) is 0 Å². The third-order valence-corrected chi connectivity index (χ3v) is 5.95. The first-order chi connectivity index (χ1) is 14.7. The molecule has 0 saturated carbocycles. The molecular formula is C22H22N6O2. The molecule has 0 aliphatic carbocycles. The topological polar surface area (TPSA) is 84.2 Å². The average Bonchev–Trinajstić information content (AvgIpc) is 3.36. The average molecular weight is 402 g/mol. The maximum absolute atomic E-state index is 12.6. The third-order valence-electron chi connectivity index (χ3n) is 5.95. The van der Waals surface area contributed by atoms with Crippen molar-refractivity contribution >= 4 is 11.7 Å². The molecular weight excluding hydrogens is 380 g/mol. The van der Waals surface area contributed by atoms with Gasteiger partial charge in [0.2, 0.25) is 5.91 Å². The van der Waals surface area contributed by atoms with E-state index in [-0.39, 0.29) is 18.0 Å². The van der Waals surface area contributed by atoms with Gasteiger partial charge >= 0.3 is 0 Å². The molecule has 2 aliphatic rings. The Kier molecular flexibility index (Phi) is 4.74. The first-order valence-corrected chi connectivity index (χ1v) is 10.1. The van der Waals surface area contributed by atoms with Gasteiger partial charge in [0.25, 0.3) is 5.56 Å². The molecule has 2 saturated heterocycles. The fourth-order valence-electron chi connectivity index (χ4n) is 4.37. The molecule has 8 nitrogen and oxygen atoms in total. The first kappa shape index (κ1) is 18.5. The molecule has 1 aromatic carbocycles. The number of benzene rings is 1. The van der Waals surface area contributed by atoms with Gasteiger partial charge in [0.05, 0.1) is 5.69 Å². The highest BCUT2D eigenvalue weighted by atomic mass is 16.2. The Balaban J connectivity index is 1.20. The smallest absolute Gasteiger partial charge is 0.267 e. The van der Waals surface area contributed by atoms with Crippen molar-refractivity contribution in [2.45, 2.75) is 6.54 Å². The number of likely N-dealkylation sites (tertiary alicyclic amines) is 1. The predicted octanol–water partition coefficient (Wildman–Crippen LogP) is 1.30. The molecule has 152 valence electrons. The van der Waals surface area contributed by atoms with Crippen LogP contribution in [0.5, 0.6) is 0 Å². The Morgan fingerprint density at radius 3 is 2.33 bits per heavy atom. The van der Waals surface area contributed by atoms with Gasteiger partial charge in [-0.15, -0.1) is 10.2 Å². The SMILES string of the molecule is O=C(Cn1ncccc1=O)N1CC2CN(c3ccc(-c4ccccc4)nn3)CC2C1. The summed E-state index contributed by atoms with van der Waals surface area (Å²) in [7, 11) is 0. The lowest BCUT2D eigenvalue weighted by Gasteiger charge is -2.22. The van der Waals surface area contributed by atoms with Crippen molar-refractivity contribution in [1.82, 2.24) is 24.9 Å². The van der Waals surface area contributed by atoms with Gasteiger partial charge in [-0.25, -0.2) is 4.68 Å². The highest BCUT2D eigenvalue weighted by Gasteiger charge is 2.42. The van der Waals surface area contributed by atoms with Crippen LogP contribution in [-0.4, -0.2) is 57.0 Å².